The second kappa shape index (κ2) is 8.45. The number of hydrogen-bond donors (Lipinski definition) is 7. The minimum atomic E-state index is -5.71. The predicted octanol–water partition coefficient (Wildman–Crippen LogP) is -1.40. The van der Waals surface area contributed by atoms with Crippen molar-refractivity contribution in [1.82, 2.24) is 19.6 Å². The standard InChI is InChI=1S/C11H18N5O13P3/c1-11(18)7(17)6(3-26-31(22,23)29-32(24,25)28-30(19,20)21)27-8(11)5-2-13-10-9(12)14-4-15-16(5)10/h2,4,6-8,17-18H,3H2,1H3,(H,22,23)(H,24,25)(H2,12,14,15)(H2,19,20,21)/t6-,7-,8+,11-/m1/s1. The Morgan fingerprint density at radius 3 is 2.47 bits per heavy atom. The van der Waals surface area contributed by atoms with Gasteiger partial charge in [-0.15, -0.1) is 0 Å². The first kappa shape index (κ1) is 25.3. The predicted molar refractivity (Wildman–Crippen MR) is 99.3 cm³/mol. The number of fused-ring (bicyclic) bond motifs is 1. The maximum absolute atomic E-state index is 11.9. The van der Waals surface area contributed by atoms with Crippen LogP contribution >= 0.6 is 23.5 Å². The maximum atomic E-state index is 11.9. The number of aromatic nitrogens is 4. The van der Waals surface area contributed by atoms with Crippen LogP contribution in [0.5, 0.6) is 0 Å². The lowest BCUT2D eigenvalue weighted by Crippen LogP contribution is -2.43. The van der Waals surface area contributed by atoms with Gasteiger partial charge in [-0.1, -0.05) is 0 Å². The Balaban J connectivity index is 1.74. The van der Waals surface area contributed by atoms with Gasteiger partial charge in [0.25, 0.3) is 0 Å². The molecule has 32 heavy (non-hydrogen) atoms. The minimum absolute atomic E-state index is 0.0219. The van der Waals surface area contributed by atoms with Crippen LogP contribution in [0, 0.1) is 0 Å². The fourth-order valence-electron chi connectivity index (χ4n) is 2.92. The van der Waals surface area contributed by atoms with E-state index in [4.69, 9.17) is 25.2 Å². The first-order valence-corrected chi connectivity index (χ1v) is 12.8. The van der Waals surface area contributed by atoms with Crippen LogP contribution in [0.2, 0.25) is 0 Å². The van der Waals surface area contributed by atoms with Crippen molar-refractivity contribution in [2.45, 2.75) is 30.8 Å². The van der Waals surface area contributed by atoms with Crippen molar-refractivity contribution in [3.63, 3.8) is 0 Å². The van der Waals surface area contributed by atoms with Crippen molar-refractivity contribution in [1.29, 1.82) is 0 Å². The lowest BCUT2D eigenvalue weighted by molar-refractivity contribution is -0.0665. The molecule has 1 aliphatic rings. The Morgan fingerprint density at radius 2 is 1.84 bits per heavy atom. The Hall–Kier alpha value is -1.36. The largest absolute Gasteiger partial charge is 0.490 e. The van der Waals surface area contributed by atoms with Crippen molar-refractivity contribution in [3.05, 3.63) is 18.2 Å². The van der Waals surface area contributed by atoms with E-state index in [1.165, 1.54) is 17.6 Å². The van der Waals surface area contributed by atoms with Crippen molar-refractivity contribution < 1.29 is 61.4 Å². The van der Waals surface area contributed by atoms with Crippen molar-refractivity contribution in [3.8, 4) is 0 Å². The molecule has 8 N–H and O–H groups in total. The third-order valence-electron chi connectivity index (χ3n) is 4.24. The van der Waals surface area contributed by atoms with Crippen molar-refractivity contribution >= 4 is 34.9 Å². The Kier molecular flexibility index (Phi) is 6.67. The van der Waals surface area contributed by atoms with Gasteiger partial charge in [-0.2, -0.15) is 13.7 Å². The molecule has 1 fully saturated rings. The second-order valence-electron chi connectivity index (χ2n) is 6.68. The van der Waals surface area contributed by atoms with Crippen molar-refractivity contribution in [2.75, 3.05) is 12.3 Å². The number of nitrogens with two attached hydrogens (primary N) is 1. The molecule has 0 spiro atoms. The first-order valence-electron chi connectivity index (χ1n) is 8.31. The summed E-state index contributed by atoms with van der Waals surface area (Å²) in [4.78, 5) is 43.5. The number of anilines is 1. The number of imidazole rings is 1. The molecule has 0 bridgehead atoms. The van der Waals surface area contributed by atoms with E-state index >= 15 is 0 Å². The molecule has 2 aromatic rings. The molecule has 0 radical (unpaired) electrons. The van der Waals surface area contributed by atoms with Gasteiger partial charge < -0.3 is 40.3 Å². The molecule has 2 aromatic heterocycles. The van der Waals surface area contributed by atoms with E-state index in [9.17, 15) is 28.8 Å². The number of hydrogen-bond acceptors (Lipinski definition) is 13. The smallest absolute Gasteiger partial charge is 0.387 e. The van der Waals surface area contributed by atoms with Crippen LogP contribution in [0.3, 0.4) is 0 Å². The zero-order valence-electron chi connectivity index (χ0n) is 15.8. The zero-order valence-corrected chi connectivity index (χ0v) is 18.5. The number of phosphoric acid groups is 3. The second-order valence-corrected chi connectivity index (χ2v) is 11.1. The third kappa shape index (κ3) is 5.40. The lowest BCUT2D eigenvalue weighted by atomic mass is 9.91. The quantitative estimate of drug-likeness (QED) is 0.197. The molecule has 21 heteroatoms. The molecule has 0 aromatic carbocycles. The number of aliphatic hydroxyl groups excluding tert-OH is 1. The third-order valence-corrected chi connectivity index (χ3v) is 8.04. The van der Waals surface area contributed by atoms with Gasteiger partial charge in [0.15, 0.2) is 11.5 Å². The van der Waals surface area contributed by atoms with E-state index in [2.05, 4.69) is 28.2 Å². The highest BCUT2D eigenvalue weighted by Crippen LogP contribution is 2.66. The number of aliphatic hydroxyl groups is 2. The first-order chi connectivity index (χ1) is 14.5. The summed E-state index contributed by atoms with van der Waals surface area (Å²) in [5, 5.41) is 25.1. The highest BCUT2D eigenvalue weighted by molar-refractivity contribution is 7.66. The fraction of sp³-hybridized carbons (Fsp3) is 0.545. The van der Waals surface area contributed by atoms with Crippen LogP contribution in [0.15, 0.2) is 12.5 Å². The van der Waals surface area contributed by atoms with Gasteiger partial charge in [-0.05, 0) is 6.92 Å². The number of rotatable bonds is 8. The van der Waals surface area contributed by atoms with E-state index in [0.29, 0.717) is 0 Å². The monoisotopic (exact) mass is 521 g/mol. The van der Waals surface area contributed by atoms with Crippen LogP contribution in [-0.2, 0) is 31.6 Å². The molecule has 0 saturated carbocycles. The molecule has 3 heterocycles. The number of phosphoric ester groups is 1. The van der Waals surface area contributed by atoms with Crippen LogP contribution in [0.4, 0.5) is 5.82 Å². The molecule has 0 amide bonds. The summed E-state index contributed by atoms with van der Waals surface area (Å²) in [6.45, 7) is 0.225. The van der Waals surface area contributed by atoms with E-state index in [-0.39, 0.29) is 17.2 Å². The Labute approximate surface area is 178 Å². The van der Waals surface area contributed by atoms with E-state index < -0.39 is 54.0 Å². The van der Waals surface area contributed by atoms with E-state index in [1.54, 1.807) is 0 Å². The summed E-state index contributed by atoms with van der Waals surface area (Å²) in [6, 6.07) is 0. The topological polar surface area (TPSA) is 279 Å². The van der Waals surface area contributed by atoms with Crippen LogP contribution < -0.4 is 5.73 Å². The molecule has 180 valence electrons. The van der Waals surface area contributed by atoms with Gasteiger partial charge in [0, 0.05) is 0 Å². The van der Waals surface area contributed by atoms with E-state index in [0.717, 1.165) is 6.33 Å². The van der Waals surface area contributed by atoms with Crippen LogP contribution in [0.1, 0.15) is 18.7 Å². The van der Waals surface area contributed by atoms with Crippen LogP contribution in [0.25, 0.3) is 5.65 Å². The average molecular weight is 521 g/mol. The molecule has 0 aliphatic carbocycles. The van der Waals surface area contributed by atoms with Gasteiger partial charge in [-0.3, -0.25) is 4.52 Å². The summed E-state index contributed by atoms with van der Waals surface area (Å²) >= 11 is 0. The number of nitrogen functional groups attached to an aromatic ring is 1. The molecule has 18 nitrogen and oxygen atoms in total. The zero-order chi connectivity index (χ0) is 24.1. The van der Waals surface area contributed by atoms with Gasteiger partial charge in [-0.25, -0.2) is 28.2 Å². The van der Waals surface area contributed by atoms with Gasteiger partial charge in [0.1, 0.15) is 30.2 Å². The lowest BCUT2D eigenvalue weighted by Gasteiger charge is -2.26. The van der Waals surface area contributed by atoms with Crippen molar-refractivity contribution in [2.24, 2.45) is 0 Å². The number of nitrogens with zero attached hydrogens (tertiary/aromatic N) is 4. The molecule has 3 rings (SSSR count). The number of ether oxygens (including phenoxy) is 1. The summed E-state index contributed by atoms with van der Waals surface area (Å²) in [7, 11) is -16.7. The van der Waals surface area contributed by atoms with Gasteiger partial charge in [0.05, 0.1) is 18.5 Å². The molecule has 2 unspecified atom stereocenters. The summed E-state index contributed by atoms with van der Waals surface area (Å²) < 4.78 is 52.2. The Bertz CT molecular complexity index is 1150. The van der Waals surface area contributed by atoms with Gasteiger partial charge >= 0.3 is 23.5 Å². The Morgan fingerprint density at radius 1 is 1.19 bits per heavy atom. The van der Waals surface area contributed by atoms with Gasteiger partial charge in [0.2, 0.25) is 0 Å². The highest BCUT2D eigenvalue weighted by atomic mass is 31.3. The molecular formula is C11H18N5O13P3. The maximum Gasteiger partial charge on any atom is 0.490 e. The highest BCUT2D eigenvalue weighted by Gasteiger charge is 2.54. The van der Waals surface area contributed by atoms with E-state index in [1.807, 2.05) is 0 Å². The SMILES string of the molecule is C[C@@]1(O)[C@H](O)[C@@H](COP(=O)(O)OP(=O)(O)OP(=O)(O)O)O[C@H]1c1cnc2c(N)ncnn12. The summed E-state index contributed by atoms with van der Waals surface area (Å²) in [5.41, 5.74) is 3.96. The molecular weight excluding hydrogens is 503 g/mol. The average Bonchev–Trinajstić information content (AvgIpc) is 3.11. The summed E-state index contributed by atoms with van der Waals surface area (Å²) in [5.74, 6) is 0.0219. The molecule has 1 aliphatic heterocycles. The normalized spacial score (nSPS) is 30.3. The minimum Gasteiger partial charge on any atom is -0.387 e. The fourth-order valence-corrected chi connectivity index (χ4v) is 5.95. The van der Waals surface area contributed by atoms with Crippen LogP contribution in [-0.4, -0.2) is 73.8 Å². The molecule has 1 saturated heterocycles. The molecule has 6 atom stereocenters. The summed E-state index contributed by atoms with van der Waals surface area (Å²) in [6.07, 6.45) is -2.14.